The molecular weight excluding hydrogens is 577 g/mol. The van der Waals surface area contributed by atoms with E-state index in [0.29, 0.717) is 17.5 Å². The first kappa shape index (κ1) is 29.4. The third-order valence-electron chi connectivity index (χ3n) is 8.61. The van der Waals surface area contributed by atoms with Crippen LogP contribution in [0.5, 0.6) is 5.75 Å². The van der Waals surface area contributed by atoms with Crippen molar-refractivity contribution in [1.29, 1.82) is 0 Å². The van der Waals surface area contributed by atoms with Crippen LogP contribution in [0, 0.1) is 11.8 Å². The number of thioether (sulfide) groups is 1. The molecule has 43 heavy (non-hydrogen) atoms. The second-order valence-corrected chi connectivity index (χ2v) is 12.4. The SMILES string of the molecule is CCc1ccccc1N1C(C)=CSC1NC(=O)NC1CC1C1CCC(c2ncn(-c3ccc(OC(F)(F)F)cc3)n2)CC1. The normalized spacial score (nSPS) is 25.3. The summed E-state index contributed by atoms with van der Waals surface area (Å²) >= 11 is 1.61. The monoisotopic (exact) mass is 612 g/mol. The minimum Gasteiger partial charge on any atom is -0.406 e. The number of nitrogens with zero attached hydrogens (tertiary/aromatic N) is 4. The van der Waals surface area contributed by atoms with E-state index in [-0.39, 0.29) is 29.2 Å². The van der Waals surface area contributed by atoms with Gasteiger partial charge in [0.2, 0.25) is 0 Å². The number of nitrogens with one attached hydrogen (secondary N) is 2. The molecule has 3 aromatic rings. The molecule has 0 bridgehead atoms. The molecule has 2 fully saturated rings. The molecule has 228 valence electrons. The number of alkyl halides is 3. The average Bonchev–Trinajstić information content (AvgIpc) is 3.39. The van der Waals surface area contributed by atoms with Crippen molar-refractivity contribution >= 4 is 23.5 Å². The summed E-state index contributed by atoms with van der Waals surface area (Å²) in [6.07, 6.45) is 2.84. The number of para-hydroxylation sites is 1. The quantitative estimate of drug-likeness (QED) is 0.283. The van der Waals surface area contributed by atoms with Gasteiger partial charge in [-0.2, -0.15) is 5.10 Å². The zero-order chi connectivity index (χ0) is 30.1. The molecule has 12 heteroatoms. The second kappa shape index (κ2) is 12.1. The van der Waals surface area contributed by atoms with Crippen molar-refractivity contribution in [3.63, 3.8) is 0 Å². The zero-order valence-electron chi connectivity index (χ0n) is 24.1. The Balaban J connectivity index is 0.971. The maximum absolute atomic E-state index is 13.0. The van der Waals surface area contributed by atoms with Gasteiger partial charge in [0.15, 0.2) is 11.3 Å². The number of carbonyl (C=O) groups excluding carboxylic acids is 1. The molecular formula is C31H35F3N6O2S. The molecule has 2 saturated carbocycles. The largest absolute Gasteiger partial charge is 0.573 e. The van der Waals surface area contributed by atoms with Crippen molar-refractivity contribution < 1.29 is 22.7 Å². The summed E-state index contributed by atoms with van der Waals surface area (Å²) in [5.74, 6) is 1.77. The number of aromatic nitrogens is 3. The van der Waals surface area contributed by atoms with E-state index in [9.17, 15) is 18.0 Å². The molecule has 1 aromatic heterocycles. The van der Waals surface area contributed by atoms with E-state index < -0.39 is 6.36 Å². The lowest BCUT2D eigenvalue weighted by atomic mass is 9.79. The number of hydrogen-bond acceptors (Lipinski definition) is 6. The molecule has 2 aliphatic carbocycles. The average molecular weight is 613 g/mol. The summed E-state index contributed by atoms with van der Waals surface area (Å²) in [4.78, 5) is 19.7. The molecule has 2 amide bonds. The predicted octanol–water partition coefficient (Wildman–Crippen LogP) is 7.09. The Morgan fingerprint density at radius 3 is 2.53 bits per heavy atom. The topological polar surface area (TPSA) is 84.3 Å². The van der Waals surface area contributed by atoms with E-state index >= 15 is 0 Å². The maximum atomic E-state index is 13.0. The van der Waals surface area contributed by atoms with Crippen molar-refractivity contribution in [2.24, 2.45) is 11.8 Å². The number of carbonyl (C=O) groups is 1. The van der Waals surface area contributed by atoms with E-state index in [1.807, 2.05) is 12.1 Å². The number of ether oxygens (including phenoxy) is 1. The van der Waals surface area contributed by atoms with Gasteiger partial charge in [0.05, 0.1) is 5.69 Å². The van der Waals surface area contributed by atoms with Gasteiger partial charge in [0.1, 0.15) is 12.1 Å². The van der Waals surface area contributed by atoms with Crippen LogP contribution in [-0.2, 0) is 6.42 Å². The van der Waals surface area contributed by atoms with Gasteiger partial charge in [0.25, 0.3) is 0 Å². The molecule has 3 atom stereocenters. The molecule has 3 aliphatic rings. The zero-order valence-corrected chi connectivity index (χ0v) is 24.9. The van der Waals surface area contributed by atoms with Crippen LogP contribution < -0.4 is 20.3 Å². The minimum atomic E-state index is -4.72. The van der Waals surface area contributed by atoms with Gasteiger partial charge < -0.3 is 20.3 Å². The molecule has 0 saturated heterocycles. The Labute approximate surface area is 253 Å². The van der Waals surface area contributed by atoms with Gasteiger partial charge in [0, 0.05) is 23.3 Å². The number of amides is 2. The van der Waals surface area contributed by atoms with Crippen LogP contribution in [0.1, 0.15) is 63.3 Å². The summed E-state index contributed by atoms with van der Waals surface area (Å²) in [7, 11) is 0. The molecule has 0 spiro atoms. The van der Waals surface area contributed by atoms with E-state index in [1.165, 1.54) is 29.8 Å². The van der Waals surface area contributed by atoms with Crippen molar-refractivity contribution in [2.75, 3.05) is 4.90 Å². The smallest absolute Gasteiger partial charge is 0.406 e. The third kappa shape index (κ3) is 6.79. The van der Waals surface area contributed by atoms with Crippen LogP contribution >= 0.6 is 11.8 Å². The van der Waals surface area contributed by atoms with Crippen LogP contribution in [0.15, 0.2) is 66.0 Å². The van der Waals surface area contributed by atoms with E-state index in [4.69, 9.17) is 0 Å². The van der Waals surface area contributed by atoms with Gasteiger partial charge in [-0.1, -0.05) is 36.9 Å². The lowest BCUT2D eigenvalue weighted by molar-refractivity contribution is -0.274. The van der Waals surface area contributed by atoms with Gasteiger partial charge in [-0.05, 0) is 98.6 Å². The Hall–Kier alpha value is -3.67. The van der Waals surface area contributed by atoms with Crippen molar-refractivity contribution in [3.05, 3.63) is 77.4 Å². The Morgan fingerprint density at radius 1 is 1.07 bits per heavy atom. The van der Waals surface area contributed by atoms with Crippen LogP contribution in [0.25, 0.3) is 5.69 Å². The Kier molecular flexibility index (Phi) is 8.30. The first-order chi connectivity index (χ1) is 20.7. The van der Waals surface area contributed by atoms with Gasteiger partial charge in [-0.25, -0.2) is 14.5 Å². The van der Waals surface area contributed by atoms with Crippen LogP contribution in [0.4, 0.5) is 23.7 Å². The number of halogens is 3. The van der Waals surface area contributed by atoms with Gasteiger partial charge in [-0.15, -0.1) is 13.2 Å². The summed E-state index contributed by atoms with van der Waals surface area (Å²) in [5.41, 5.74) is 3.93. The molecule has 0 radical (unpaired) electrons. The van der Waals surface area contributed by atoms with Gasteiger partial charge in [-0.3, -0.25) is 0 Å². The van der Waals surface area contributed by atoms with Crippen molar-refractivity contribution in [3.8, 4) is 11.4 Å². The Morgan fingerprint density at radius 2 is 1.81 bits per heavy atom. The highest BCUT2D eigenvalue weighted by molar-refractivity contribution is 8.03. The third-order valence-corrected chi connectivity index (χ3v) is 9.68. The number of hydrogen-bond donors (Lipinski definition) is 2. The second-order valence-electron chi connectivity index (χ2n) is 11.4. The highest BCUT2D eigenvalue weighted by Crippen LogP contribution is 2.47. The summed E-state index contributed by atoms with van der Waals surface area (Å²) in [6.45, 7) is 4.21. The molecule has 2 heterocycles. The van der Waals surface area contributed by atoms with Crippen molar-refractivity contribution in [1.82, 2.24) is 25.4 Å². The number of allylic oxidation sites excluding steroid dienone is 1. The van der Waals surface area contributed by atoms with Crippen LogP contribution in [0.3, 0.4) is 0 Å². The standard InChI is InChI=1S/C31H35F3N6O2S/c1-3-20-6-4-5-7-27(20)40-19(2)17-43-30(40)37-29(41)36-26-16-25(26)21-8-10-22(11-9-21)28-35-18-39(38-28)23-12-14-24(15-13-23)42-31(32,33)34/h4-7,12-15,17-18,21-22,25-26,30H,3,8-11,16H2,1-2H3,(H2,36,37,41). The first-order valence-electron chi connectivity index (χ1n) is 14.7. The maximum Gasteiger partial charge on any atom is 0.573 e. The molecule has 1 aliphatic heterocycles. The van der Waals surface area contributed by atoms with E-state index in [2.05, 4.69) is 61.7 Å². The molecule has 8 nitrogen and oxygen atoms in total. The number of rotatable bonds is 8. The highest BCUT2D eigenvalue weighted by atomic mass is 32.2. The van der Waals surface area contributed by atoms with Crippen molar-refractivity contribution in [2.45, 2.75) is 76.2 Å². The Bertz CT molecular complexity index is 1470. The van der Waals surface area contributed by atoms with Crippen LogP contribution in [-0.4, -0.2) is 38.7 Å². The highest BCUT2D eigenvalue weighted by Gasteiger charge is 2.45. The number of anilines is 1. The summed E-state index contributed by atoms with van der Waals surface area (Å²) < 4.78 is 42.8. The molecule has 2 aromatic carbocycles. The first-order valence-corrected chi connectivity index (χ1v) is 15.7. The van der Waals surface area contributed by atoms with Crippen LogP contribution in [0.2, 0.25) is 0 Å². The fourth-order valence-corrected chi connectivity index (χ4v) is 7.36. The molecule has 6 rings (SSSR count). The summed E-state index contributed by atoms with van der Waals surface area (Å²) in [5, 5.41) is 13.1. The predicted molar refractivity (Wildman–Crippen MR) is 160 cm³/mol. The van der Waals surface area contributed by atoms with E-state index in [1.54, 1.807) is 22.8 Å². The summed E-state index contributed by atoms with van der Waals surface area (Å²) in [6, 6.07) is 14.0. The minimum absolute atomic E-state index is 0.131. The van der Waals surface area contributed by atoms with E-state index in [0.717, 1.165) is 55.7 Å². The number of benzene rings is 2. The van der Waals surface area contributed by atoms with Gasteiger partial charge >= 0.3 is 12.4 Å². The fraction of sp³-hybridized carbons (Fsp3) is 0.452. The fourth-order valence-electron chi connectivity index (χ4n) is 6.34. The molecule has 2 N–H and O–H groups in total. The lowest BCUT2D eigenvalue weighted by Crippen LogP contribution is -2.48. The molecule has 3 unspecified atom stereocenters. The lowest BCUT2D eigenvalue weighted by Gasteiger charge is -2.30. The number of urea groups is 1. The number of aryl methyl sites for hydroxylation is 1.